The van der Waals surface area contributed by atoms with Gasteiger partial charge in [0, 0.05) is 14.1 Å². The van der Waals surface area contributed by atoms with E-state index < -0.39 is 22.1 Å². The molecule has 1 atom stereocenters. The predicted molar refractivity (Wildman–Crippen MR) is 91.8 cm³/mol. The molecule has 3 amide bonds. The molecule has 0 saturated carbocycles. The van der Waals surface area contributed by atoms with Gasteiger partial charge >= 0.3 is 6.03 Å². The number of hydrogen-bond donors (Lipinski definition) is 1. The molecule has 2 rings (SSSR count). The molecule has 1 aromatic carbocycles. The van der Waals surface area contributed by atoms with Crippen molar-refractivity contribution in [3.63, 3.8) is 0 Å². The SMILES string of the molecule is CCCC1NC(=O)N(CCOc2ccc(S(=O)(=O)N(C)C)cc2)C1=O. The average Bonchev–Trinajstić information content (AvgIpc) is 2.83. The van der Waals surface area contributed by atoms with E-state index in [0.717, 1.165) is 15.6 Å². The van der Waals surface area contributed by atoms with Crippen LogP contribution in [0.15, 0.2) is 29.2 Å². The number of ether oxygens (including phenoxy) is 1. The second-order valence-electron chi connectivity index (χ2n) is 5.89. The van der Waals surface area contributed by atoms with Gasteiger partial charge in [-0.2, -0.15) is 0 Å². The van der Waals surface area contributed by atoms with Crippen molar-refractivity contribution in [2.24, 2.45) is 0 Å². The zero-order valence-electron chi connectivity index (χ0n) is 14.6. The lowest BCUT2D eigenvalue weighted by molar-refractivity contribution is -0.127. The van der Waals surface area contributed by atoms with E-state index in [-0.39, 0.29) is 24.0 Å². The first kappa shape index (κ1) is 19.2. The summed E-state index contributed by atoms with van der Waals surface area (Å²) in [6, 6.07) is 5.14. The van der Waals surface area contributed by atoms with E-state index in [0.29, 0.717) is 12.2 Å². The molecule has 138 valence electrons. The number of nitrogens with zero attached hydrogens (tertiary/aromatic N) is 2. The molecule has 1 unspecified atom stereocenters. The summed E-state index contributed by atoms with van der Waals surface area (Å²) in [6.45, 7) is 2.23. The van der Waals surface area contributed by atoms with Crippen molar-refractivity contribution in [1.82, 2.24) is 14.5 Å². The molecule has 9 heteroatoms. The quantitative estimate of drug-likeness (QED) is 0.691. The summed E-state index contributed by atoms with van der Waals surface area (Å²) >= 11 is 0. The highest BCUT2D eigenvalue weighted by molar-refractivity contribution is 7.89. The molecule has 0 radical (unpaired) electrons. The highest BCUT2D eigenvalue weighted by atomic mass is 32.2. The van der Waals surface area contributed by atoms with Gasteiger partial charge in [-0.05, 0) is 30.7 Å². The summed E-state index contributed by atoms with van der Waals surface area (Å²) in [7, 11) is -0.558. The number of imide groups is 1. The Morgan fingerprint density at radius 1 is 1.20 bits per heavy atom. The van der Waals surface area contributed by atoms with Gasteiger partial charge in [0.2, 0.25) is 10.0 Å². The van der Waals surface area contributed by atoms with Crippen molar-refractivity contribution in [2.75, 3.05) is 27.2 Å². The smallest absolute Gasteiger partial charge is 0.324 e. The molecule has 1 fully saturated rings. The minimum atomic E-state index is -3.48. The van der Waals surface area contributed by atoms with Crippen molar-refractivity contribution in [1.29, 1.82) is 0 Å². The Hall–Kier alpha value is -2.13. The second-order valence-corrected chi connectivity index (χ2v) is 8.04. The van der Waals surface area contributed by atoms with Crippen LogP contribution in [0.5, 0.6) is 5.75 Å². The van der Waals surface area contributed by atoms with Gasteiger partial charge in [-0.3, -0.25) is 9.69 Å². The monoisotopic (exact) mass is 369 g/mol. The van der Waals surface area contributed by atoms with Crippen LogP contribution in [0.4, 0.5) is 4.79 Å². The third-order valence-corrected chi connectivity index (χ3v) is 5.70. The molecule has 1 N–H and O–H groups in total. The Balaban J connectivity index is 1.90. The highest BCUT2D eigenvalue weighted by Gasteiger charge is 2.36. The number of amides is 3. The van der Waals surface area contributed by atoms with E-state index >= 15 is 0 Å². The van der Waals surface area contributed by atoms with E-state index in [1.165, 1.54) is 26.2 Å². The number of rotatable bonds is 8. The number of hydrogen-bond acceptors (Lipinski definition) is 5. The maximum atomic E-state index is 12.1. The van der Waals surface area contributed by atoms with E-state index in [1.807, 2.05) is 6.92 Å². The molecule has 1 aromatic rings. The maximum absolute atomic E-state index is 12.1. The molecule has 1 heterocycles. The molecular weight excluding hydrogens is 346 g/mol. The largest absolute Gasteiger partial charge is 0.492 e. The summed E-state index contributed by atoms with van der Waals surface area (Å²) < 4.78 is 30.6. The van der Waals surface area contributed by atoms with Crippen LogP contribution in [-0.2, 0) is 14.8 Å². The van der Waals surface area contributed by atoms with Crippen LogP contribution in [0.2, 0.25) is 0 Å². The van der Waals surface area contributed by atoms with Crippen LogP contribution in [0.1, 0.15) is 19.8 Å². The molecule has 8 nitrogen and oxygen atoms in total. The lowest BCUT2D eigenvalue weighted by atomic mass is 10.2. The summed E-state index contributed by atoms with van der Waals surface area (Å²) in [5, 5.41) is 2.65. The van der Waals surface area contributed by atoms with E-state index in [1.54, 1.807) is 12.1 Å². The van der Waals surface area contributed by atoms with E-state index in [2.05, 4.69) is 5.32 Å². The number of sulfonamides is 1. The van der Waals surface area contributed by atoms with Gasteiger partial charge in [-0.1, -0.05) is 13.3 Å². The molecular formula is C16H23N3O5S. The molecule has 0 bridgehead atoms. The Morgan fingerprint density at radius 3 is 2.40 bits per heavy atom. The minimum Gasteiger partial charge on any atom is -0.492 e. The third-order valence-electron chi connectivity index (χ3n) is 3.87. The predicted octanol–water partition coefficient (Wildman–Crippen LogP) is 1.04. The standard InChI is InChI=1S/C16H23N3O5S/c1-4-5-14-15(20)19(16(21)17-14)10-11-24-12-6-8-13(9-7-12)25(22,23)18(2)3/h6-9,14H,4-5,10-11H2,1-3H3,(H,17,21). The van der Waals surface area contributed by atoms with Crippen LogP contribution >= 0.6 is 0 Å². The van der Waals surface area contributed by atoms with Crippen LogP contribution in [0.3, 0.4) is 0 Å². The number of nitrogens with one attached hydrogen (secondary N) is 1. The Bertz CT molecular complexity index is 731. The fourth-order valence-corrected chi connectivity index (χ4v) is 3.35. The second kappa shape index (κ2) is 7.83. The fourth-order valence-electron chi connectivity index (χ4n) is 2.45. The summed E-state index contributed by atoms with van der Waals surface area (Å²) in [5.41, 5.74) is 0. The van der Waals surface area contributed by atoms with Gasteiger partial charge in [-0.15, -0.1) is 0 Å². The fraction of sp³-hybridized carbons (Fsp3) is 0.500. The first-order valence-corrected chi connectivity index (χ1v) is 9.48. The molecule has 1 aliphatic heterocycles. The lowest BCUT2D eigenvalue weighted by Gasteiger charge is -2.14. The maximum Gasteiger partial charge on any atom is 0.324 e. The summed E-state index contributed by atoms with van der Waals surface area (Å²) in [6.07, 6.45) is 1.42. The van der Waals surface area contributed by atoms with Crippen molar-refractivity contribution < 1.29 is 22.7 Å². The van der Waals surface area contributed by atoms with Gasteiger partial charge in [-0.25, -0.2) is 17.5 Å². The van der Waals surface area contributed by atoms with Crippen molar-refractivity contribution in [2.45, 2.75) is 30.7 Å². The zero-order chi connectivity index (χ0) is 18.6. The van der Waals surface area contributed by atoms with Crippen molar-refractivity contribution >= 4 is 22.0 Å². The Labute approximate surface area is 147 Å². The summed E-state index contributed by atoms with van der Waals surface area (Å²) in [4.78, 5) is 25.2. The number of urea groups is 1. The molecule has 0 aliphatic carbocycles. The van der Waals surface area contributed by atoms with Gasteiger partial charge in [0.1, 0.15) is 18.4 Å². The zero-order valence-corrected chi connectivity index (χ0v) is 15.4. The van der Waals surface area contributed by atoms with Crippen LogP contribution in [-0.4, -0.2) is 62.9 Å². The van der Waals surface area contributed by atoms with Gasteiger partial charge in [0.15, 0.2) is 0 Å². The molecule has 0 spiro atoms. The Morgan fingerprint density at radius 2 is 1.84 bits per heavy atom. The lowest BCUT2D eigenvalue weighted by Crippen LogP contribution is -2.35. The van der Waals surface area contributed by atoms with E-state index in [9.17, 15) is 18.0 Å². The highest BCUT2D eigenvalue weighted by Crippen LogP contribution is 2.18. The number of carbonyl (C=O) groups is 2. The van der Waals surface area contributed by atoms with Gasteiger partial charge in [0.05, 0.1) is 11.4 Å². The van der Waals surface area contributed by atoms with Crippen LogP contribution < -0.4 is 10.1 Å². The van der Waals surface area contributed by atoms with Crippen molar-refractivity contribution in [3.05, 3.63) is 24.3 Å². The third kappa shape index (κ3) is 4.29. The first-order chi connectivity index (χ1) is 11.8. The first-order valence-electron chi connectivity index (χ1n) is 8.04. The Kier molecular flexibility index (Phi) is 6.02. The molecule has 1 aliphatic rings. The number of carbonyl (C=O) groups excluding carboxylic acids is 2. The summed E-state index contributed by atoms with van der Waals surface area (Å²) in [5.74, 6) is 0.234. The van der Waals surface area contributed by atoms with Gasteiger partial charge < -0.3 is 10.1 Å². The average molecular weight is 369 g/mol. The van der Waals surface area contributed by atoms with Gasteiger partial charge in [0.25, 0.3) is 5.91 Å². The topological polar surface area (TPSA) is 96.0 Å². The van der Waals surface area contributed by atoms with Crippen LogP contribution in [0, 0.1) is 0 Å². The van der Waals surface area contributed by atoms with Crippen LogP contribution in [0.25, 0.3) is 0 Å². The normalized spacial score (nSPS) is 17.9. The molecule has 1 saturated heterocycles. The minimum absolute atomic E-state index is 0.137. The van der Waals surface area contributed by atoms with E-state index in [4.69, 9.17) is 4.74 Å². The van der Waals surface area contributed by atoms with Crippen molar-refractivity contribution in [3.8, 4) is 5.75 Å². The number of benzene rings is 1. The molecule has 25 heavy (non-hydrogen) atoms. The molecule has 0 aromatic heterocycles.